The van der Waals surface area contributed by atoms with E-state index in [2.05, 4.69) is 0 Å². The Morgan fingerprint density at radius 3 is 2.60 bits per heavy atom. The number of aryl methyl sites for hydroxylation is 1. The molecule has 30 heavy (non-hydrogen) atoms. The highest BCUT2D eigenvalue weighted by Gasteiger charge is 2.32. The maximum absolute atomic E-state index is 13.3. The van der Waals surface area contributed by atoms with Crippen molar-refractivity contribution in [3.8, 4) is 5.75 Å². The normalized spacial score (nSPS) is 13.7. The van der Waals surface area contributed by atoms with Crippen LogP contribution in [0.5, 0.6) is 5.75 Å². The maximum Gasteiger partial charge on any atom is 0.416 e. The number of fused-ring (bicyclic) bond motifs is 2. The zero-order valence-corrected chi connectivity index (χ0v) is 16.1. The third-order valence-electron chi connectivity index (χ3n) is 5.09. The fraction of sp³-hybridized carbons (Fsp3) is 0.238. The molecule has 0 N–H and O–H groups in total. The average Bonchev–Trinajstić information content (AvgIpc) is 3.07. The minimum atomic E-state index is -4.47. The van der Waals surface area contributed by atoms with E-state index in [1.807, 2.05) is 0 Å². The molecule has 0 spiro atoms. The highest BCUT2D eigenvalue weighted by atomic mass is 19.4. The lowest BCUT2D eigenvalue weighted by molar-refractivity contribution is -0.137. The van der Waals surface area contributed by atoms with E-state index in [1.54, 1.807) is 23.7 Å². The number of benzene rings is 2. The van der Waals surface area contributed by atoms with Gasteiger partial charge in [-0.25, -0.2) is 4.79 Å². The number of para-hydroxylation sites is 1. The van der Waals surface area contributed by atoms with Crippen LogP contribution in [0.3, 0.4) is 0 Å². The van der Waals surface area contributed by atoms with Crippen molar-refractivity contribution in [3.63, 3.8) is 0 Å². The number of esters is 1. The number of methoxy groups -OCH3 is 1. The van der Waals surface area contributed by atoms with Gasteiger partial charge in [-0.05, 0) is 36.4 Å². The van der Waals surface area contributed by atoms with Crippen LogP contribution in [0.15, 0.2) is 42.5 Å². The minimum Gasteiger partial charge on any atom is -0.489 e. The molecule has 1 aromatic heterocycles. The van der Waals surface area contributed by atoms with E-state index in [0.717, 1.165) is 12.1 Å². The first-order valence-electron chi connectivity index (χ1n) is 9.05. The van der Waals surface area contributed by atoms with Gasteiger partial charge in [0.05, 0.1) is 24.9 Å². The molecule has 4 rings (SSSR count). The second kappa shape index (κ2) is 7.08. The van der Waals surface area contributed by atoms with Crippen molar-refractivity contribution in [2.75, 3.05) is 25.2 Å². The van der Waals surface area contributed by atoms with Crippen molar-refractivity contribution in [1.29, 1.82) is 0 Å². The van der Waals surface area contributed by atoms with E-state index in [-0.39, 0.29) is 30.2 Å². The van der Waals surface area contributed by atoms with Crippen LogP contribution in [0.1, 0.15) is 26.4 Å². The second-order valence-corrected chi connectivity index (χ2v) is 6.81. The third kappa shape index (κ3) is 3.16. The molecule has 2 aromatic carbocycles. The molecule has 0 atom stereocenters. The first kappa shape index (κ1) is 19.8. The van der Waals surface area contributed by atoms with Crippen molar-refractivity contribution >= 4 is 28.5 Å². The van der Waals surface area contributed by atoms with Crippen LogP contribution in [0.4, 0.5) is 18.9 Å². The number of carbonyl (C=O) groups is 2. The predicted molar refractivity (Wildman–Crippen MR) is 103 cm³/mol. The number of ether oxygens (including phenoxy) is 2. The molecule has 6 nitrogen and oxygen atoms in total. The van der Waals surface area contributed by atoms with Crippen LogP contribution in [-0.4, -0.2) is 36.7 Å². The maximum atomic E-state index is 13.3. The fourth-order valence-corrected chi connectivity index (χ4v) is 3.60. The molecule has 9 heteroatoms. The Morgan fingerprint density at radius 2 is 1.90 bits per heavy atom. The molecule has 1 aliphatic heterocycles. The van der Waals surface area contributed by atoms with Crippen LogP contribution >= 0.6 is 0 Å². The highest BCUT2D eigenvalue weighted by Crippen LogP contribution is 2.37. The number of nitrogens with zero attached hydrogens (tertiary/aromatic N) is 2. The number of rotatable bonds is 2. The van der Waals surface area contributed by atoms with Gasteiger partial charge in [0.1, 0.15) is 17.9 Å². The topological polar surface area (TPSA) is 60.8 Å². The quantitative estimate of drug-likeness (QED) is 0.590. The van der Waals surface area contributed by atoms with Crippen molar-refractivity contribution < 1.29 is 32.2 Å². The average molecular weight is 418 g/mol. The molecule has 3 aromatic rings. The van der Waals surface area contributed by atoms with E-state index in [4.69, 9.17) is 9.47 Å². The molecule has 156 valence electrons. The zero-order valence-electron chi connectivity index (χ0n) is 16.1. The lowest BCUT2D eigenvalue weighted by Crippen LogP contribution is -2.39. The van der Waals surface area contributed by atoms with Crippen LogP contribution in [0.2, 0.25) is 0 Å². The van der Waals surface area contributed by atoms with Gasteiger partial charge in [0.25, 0.3) is 5.91 Å². The van der Waals surface area contributed by atoms with Gasteiger partial charge in [-0.1, -0.05) is 6.07 Å². The Balaban J connectivity index is 1.77. The Hall–Kier alpha value is -3.49. The van der Waals surface area contributed by atoms with E-state index >= 15 is 0 Å². The molecule has 0 saturated heterocycles. The number of halogens is 3. The summed E-state index contributed by atoms with van der Waals surface area (Å²) < 4.78 is 51.0. The summed E-state index contributed by atoms with van der Waals surface area (Å²) in [6.45, 7) is 0.390. The number of aromatic nitrogens is 1. The van der Waals surface area contributed by atoms with Crippen LogP contribution in [0, 0.1) is 0 Å². The molecular weight excluding hydrogens is 401 g/mol. The van der Waals surface area contributed by atoms with Gasteiger partial charge >= 0.3 is 12.1 Å². The Morgan fingerprint density at radius 1 is 1.13 bits per heavy atom. The Bertz CT molecular complexity index is 1170. The van der Waals surface area contributed by atoms with Crippen LogP contribution in [-0.2, 0) is 18.0 Å². The number of anilines is 1. The molecule has 0 fully saturated rings. The Kier molecular flexibility index (Phi) is 4.68. The van der Waals surface area contributed by atoms with Crippen molar-refractivity contribution in [3.05, 3.63) is 59.3 Å². The van der Waals surface area contributed by atoms with Gasteiger partial charge in [0.15, 0.2) is 5.75 Å². The van der Waals surface area contributed by atoms with Gasteiger partial charge < -0.3 is 18.9 Å². The lowest BCUT2D eigenvalue weighted by Gasteiger charge is -2.30. The van der Waals surface area contributed by atoms with Crippen molar-refractivity contribution in [2.45, 2.75) is 6.18 Å². The number of hydrogen-bond acceptors (Lipinski definition) is 4. The SMILES string of the molecule is COC(=O)c1cccc2c1OCCN2C(=O)c1cc2cc(C(F)(F)F)ccc2n1C. The second-order valence-electron chi connectivity index (χ2n) is 6.81. The van der Waals surface area contributed by atoms with Gasteiger partial charge in [-0.3, -0.25) is 4.79 Å². The summed E-state index contributed by atoms with van der Waals surface area (Å²) in [7, 11) is 2.87. The minimum absolute atomic E-state index is 0.162. The zero-order chi connectivity index (χ0) is 21.6. The first-order chi connectivity index (χ1) is 14.2. The van der Waals surface area contributed by atoms with E-state index < -0.39 is 23.6 Å². The predicted octanol–water partition coefficient (Wildman–Crippen LogP) is 4.02. The molecule has 0 unspecified atom stereocenters. The van der Waals surface area contributed by atoms with Crippen molar-refractivity contribution in [2.24, 2.45) is 7.05 Å². The van der Waals surface area contributed by atoms with Gasteiger partial charge in [-0.2, -0.15) is 13.2 Å². The molecule has 1 amide bonds. The summed E-state index contributed by atoms with van der Waals surface area (Å²) in [4.78, 5) is 26.8. The highest BCUT2D eigenvalue weighted by molar-refractivity contribution is 6.10. The summed E-state index contributed by atoms with van der Waals surface area (Å²) in [6, 6.07) is 9.58. The van der Waals surface area contributed by atoms with E-state index in [9.17, 15) is 22.8 Å². The number of alkyl halides is 3. The number of carbonyl (C=O) groups excluding carboxylic acids is 2. The summed E-state index contributed by atoms with van der Waals surface area (Å²) in [5, 5.41) is 0.312. The van der Waals surface area contributed by atoms with E-state index in [1.165, 1.54) is 30.2 Å². The summed E-state index contributed by atoms with van der Waals surface area (Å²) >= 11 is 0. The molecule has 0 bridgehead atoms. The first-order valence-corrected chi connectivity index (χ1v) is 9.05. The molecule has 0 saturated carbocycles. The van der Waals surface area contributed by atoms with Gasteiger partial charge in [0, 0.05) is 18.0 Å². The fourth-order valence-electron chi connectivity index (χ4n) is 3.60. The summed E-state index contributed by atoms with van der Waals surface area (Å²) in [5.41, 5.74) is 0.539. The van der Waals surface area contributed by atoms with Crippen molar-refractivity contribution in [1.82, 2.24) is 4.57 Å². The summed E-state index contributed by atoms with van der Waals surface area (Å²) in [5.74, 6) is -0.763. The number of hydrogen-bond donors (Lipinski definition) is 0. The number of amides is 1. The molecule has 2 heterocycles. The van der Waals surface area contributed by atoms with Gasteiger partial charge in [0.2, 0.25) is 0 Å². The summed E-state index contributed by atoms with van der Waals surface area (Å²) in [6.07, 6.45) is -4.47. The largest absolute Gasteiger partial charge is 0.489 e. The molecular formula is C21H17F3N2O4. The smallest absolute Gasteiger partial charge is 0.416 e. The monoisotopic (exact) mass is 418 g/mol. The van der Waals surface area contributed by atoms with Crippen LogP contribution in [0.25, 0.3) is 10.9 Å². The standard InChI is InChI=1S/C21H17F3N2O4/c1-25-15-7-6-13(21(22,23)24)10-12(15)11-17(25)19(27)26-8-9-30-18-14(20(28)29-2)4-3-5-16(18)26/h3-7,10-11H,8-9H2,1-2H3. The van der Waals surface area contributed by atoms with E-state index in [0.29, 0.717) is 16.6 Å². The molecule has 0 radical (unpaired) electrons. The van der Waals surface area contributed by atoms with Crippen LogP contribution < -0.4 is 9.64 Å². The third-order valence-corrected chi connectivity index (χ3v) is 5.09. The van der Waals surface area contributed by atoms with Gasteiger partial charge in [-0.15, -0.1) is 0 Å². The molecule has 1 aliphatic rings. The Labute approximate surface area is 169 Å². The lowest BCUT2D eigenvalue weighted by atomic mass is 10.1. The molecule has 0 aliphatic carbocycles.